The smallest absolute Gasteiger partial charge is 0.291 e. The summed E-state index contributed by atoms with van der Waals surface area (Å²) in [5.41, 5.74) is 1.14. The molecule has 0 saturated carbocycles. The molecule has 3 nitrogen and oxygen atoms in total. The van der Waals surface area contributed by atoms with Gasteiger partial charge in [0.1, 0.15) is 5.76 Å². The third-order valence-electron chi connectivity index (χ3n) is 3.23. The topological polar surface area (TPSA) is 42.2 Å². The van der Waals surface area contributed by atoms with Crippen molar-refractivity contribution >= 4 is 69.0 Å². The van der Waals surface area contributed by atoms with Gasteiger partial charge in [-0.3, -0.25) is 4.79 Å². The summed E-state index contributed by atoms with van der Waals surface area (Å²) < 4.78 is 6.58. The number of amides is 1. The van der Waals surface area contributed by atoms with Gasteiger partial charge in [0.2, 0.25) is 0 Å². The fraction of sp³-hybridized carbons (Fsp3) is 0. The van der Waals surface area contributed by atoms with Gasteiger partial charge in [-0.2, -0.15) is 0 Å². The number of furan rings is 1. The number of nitrogens with one attached hydrogen (secondary N) is 1. The molecule has 1 amide bonds. The van der Waals surface area contributed by atoms with Gasteiger partial charge >= 0.3 is 0 Å². The highest BCUT2D eigenvalue weighted by Gasteiger charge is 2.16. The van der Waals surface area contributed by atoms with Crippen molar-refractivity contribution in [3.05, 3.63) is 72.9 Å². The molecule has 0 unspecified atom stereocenters. The highest BCUT2D eigenvalue weighted by Crippen LogP contribution is 2.34. The van der Waals surface area contributed by atoms with Gasteiger partial charge in [-0.1, -0.05) is 40.9 Å². The predicted octanol–water partition coefficient (Wildman–Crippen LogP) is 6.76. The molecule has 7 heteroatoms. The zero-order valence-corrected chi connectivity index (χ0v) is 16.4. The lowest BCUT2D eigenvalue weighted by atomic mass is 10.2. The van der Waals surface area contributed by atoms with Crippen molar-refractivity contribution in [3.63, 3.8) is 0 Å². The first-order valence-electron chi connectivity index (χ1n) is 6.76. The van der Waals surface area contributed by atoms with Gasteiger partial charge in [-0.25, -0.2) is 0 Å². The minimum Gasteiger partial charge on any atom is -0.451 e. The fourth-order valence-corrected chi connectivity index (χ4v) is 3.37. The first-order chi connectivity index (χ1) is 11.5. The normalized spacial score (nSPS) is 10.7. The summed E-state index contributed by atoms with van der Waals surface area (Å²) >= 11 is 20.4. The van der Waals surface area contributed by atoms with E-state index >= 15 is 0 Å². The predicted molar refractivity (Wildman–Crippen MR) is 106 cm³/mol. The maximum absolute atomic E-state index is 12.3. The molecule has 0 spiro atoms. The van der Waals surface area contributed by atoms with E-state index in [1.807, 2.05) is 6.07 Å². The molecule has 2 aromatic carbocycles. The second-order valence-electron chi connectivity index (χ2n) is 4.84. The Morgan fingerprint density at radius 3 is 2.54 bits per heavy atom. The van der Waals surface area contributed by atoms with E-state index < -0.39 is 5.91 Å². The number of anilines is 1. The van der Waals surface area contributed by atoms with Crippen molar-refractivity contribution in [1.29, 1.82) is 0 Å². The molecule has 0 saturated heterocycles. The number of halogens is 4. The van der Waals surface area contributed by atoms with Gasteiger partial charge in [0.05, 0.1) is 20.8 Å². The van der Waals surface area contributed by atoms with E-state index in [1.54, 1.807) is 42.5 Å². The van der Waals surface area contributed by atoms with E-state index in [2.05, 4.69) is 27.9 Å². The van der Waals surface area contributed by atoms with Crippen LogP contribution in [0.25, 0.3) is 11.3 Å². The molecule has 24 heavy (non-hydrogen) atoms. The lowest BCUT2D eigenvalue weighted by Crippen LogP contribution is -2.11. The molecule has 0 aliphatic carbocycles. The molecule has 3 rings (SSSR count). The molecule has 0 bridgehead atoms. The third kappa shape index (κ3) is 3.72. The Kier molecular flexibility index (Phi) is 5.39. The van der Waals surface area contributed by atoms with Crippen LogP contribution < -0.4 is 5.32 Å². The van der Waals surface area contributed by atoms with Gasteiger partial charge in [-0.05, 0) is 65.1 Å². The summed E-state index contributed by atoms with van der Waals surface area (Å²) in [7, 11) is 0. The first kappa shape index (κ1) is 17.6. The van der Waals surface area contributed by atoms with Crippen molar-refractivity contribution in [2.24, 2.45) is 0 Å². The number of carbonyl (C=O) groups is 1. The van der Waals surface area contributed by atoms with Crippen LogP contribution in [0.2, 0.25) is 15.1 Å². The molecule has 1 aromatic heterocycles. The van der Waals surface area contributed by atoms with Crippen molar-refractivity contribution in [1.82, 2.24) is 0 Å². The Morgan fingerprint density at radius 1 is 1.00 bits per heavy atom. The highest BCUT2D eigenvalue weighted by atomic mass is 127. The largest absolute Gasteiger partial charge is 0.451 e. The summed E-state index contributed by atoms with van der Waals surface area (Å²) in [6.07, 6.45) is 0. The van der Waals surface area contributed by atoms with Crippen molar-refractivity contribution < 1.29 is 9.21 Å². The number of hydrogen-bond donors (Lipinski definition) is 1. The molecule has 122 valence electrons. The van der Waals surface area contributed by atoms with Crippen LogP contribution in [-0.4, -0.2) is 5.91 Å². The van der Waals surface area contributed by atoms with E-state index in [1.165, 1.54) is 0 Å². The van der Waals surface area contributed by atoms with Gasteiger partial charge in [0.15, 0.2) is 5.76 Å². The number of hydrogen-bond acceptors (Lipinski definition) is 2. The maximum atomic E-state index is 12.3. The van der Waals surface area contributed by atoms with Crippen molar-refractivity contribution in [2.75, 3.05) is 5.32 Å². The van der Waals surface area contributed by atoms with E-state index in [0.717, 1.165) is 3.57 Å². The molecule has 1 heterocycles. The summed E-state index contributed by atoms with van der Waals surface area (Å²) in [4.78, 5) is 12.3. The first-order valence-corrected chi connectivity index (χ1v) is 8.97. The SMILES string of the molecule is O=C(Nc1ccc(I)cc1Cl)c1ccc(-c2cccc(Cl)c2Cl)o1. The van der Waals surface area contributed by atoms with Crippen LogP contribution in [0.3, 0.4) is 0 Å². The third-order valence-corrected chi connectivity index (χ3v) is 5.03. The van der Waals surface area contributed by atoms with Crippen LogP contribution in [0.1, 0.15) is 10.6 Å². The summed E-state index contributed by atoms with van der Waals surface area (Å²) in [6.45, 7) is 0. The molecule has 3 aromatic rings. The fourth-order valence-electron chi connectivity index (χ4n) is 2.07. The standard InChI is InChI=1S/C17H9Cl3INO2/c18-11-3-1-2-10(16(11)20)14-6-7-15(24-14)17(23)22-13-5-4-9(21)8-12(13)19/h1-8H,(H,22,23). The quantitative estimate of drug-likeness (QED) is 0.411. The second-order valence-corrected chi connectivity index (χ2v) is 7.28. The lowest BCUT2D eigenvalue weighted by Gasteiger charge is -2.06. The zero-order valence-electron chi connectivity index (χ0n) is 11.9. The Hall–Kier alpha value is -1.21. The zero-order chi connectivity index (χ0) is 17.3. The van der Waals surface area contributed by atoms with Gasteiger partial charge in [-0.15, -0.1) is 0 Å². The summed E-state index contributed by atoms with van der Waals surface area (Å²) in [5, 5.41) is 3.97. The van der Waals surface area contributed by atoms with Crippen LogP contribution in [0.15, 0.2) is 52.9 Å². The summed E-state index contributed by atoms with van der Waals surface area (Å²) in [5.74, 6) is 0.208. The monoisotopic (exact) mass is 491 g/mol. The van der Waals surface area contributed by atoms with E-state index in [4.69, 9.17) is 39.2 Å². The Labute approximate surface area is 167 Å². The number of rotatable bonds is 3. The van der Waals surface area contributed by atoms with Crippen molar-refractivity contribution in [3.8, 4) is 11.3 Å². The lowest BCUT2D eigenvalue weighted by molar-refractivity contribution is 0.0997. The minimum atomic E-state index is -0.400. The number of benzene rings is 2. The van der Waals surface area contributed by atoms with E-state index in [-0.39, 0.29) is 5.76 Å². The summed E-state index contributed by atoms with van der Waals surface area (Å²) in [6, 6.07) is 13.8. The average molecular weight is 493 g/mol. The van der Waals surface area contributed by atoms with E-state index in [9.17, 15) is 4.79 Å². The Balaban J connectivity index is 1.85. The average Bonchev–Trinajstić information content (AvgIpc) is 3.02. The van der Waals surface area contributed by atoms with Crippen LogP contribution in [0, 0.1) is 3.57 Å². The minimum absolute atomic E-state index is 0.149. The second kappa shape index (κ2) is 7.35. The van der Waals surface area contributed by atoms with Crippen LogP contribution in [-0.2, 0) is 0 Å². The molecule has 1 N–H and O–H groups in total. The Bertz CT molecular complexity index is 924. The van der Waals surface area contributed by atoms with Crippen molar-refractivity contribution in [2.45, 2.75) is 0 Å². The van der Waals surface area contributed by atoms with Crippen LogP contribution in [0.5, 0.6) is 0 Å². The molecule has 0 radical (unpaired) electrons. The van der Waals surface area contributed by atoms with E-state index in [0.29, 0.717) is 32.1 Å². The van der Waals surface area contributed by atoms with Gasteiger partial charge < -0.3 is 9.73 Å². The Morgan fingerprint density at radius 2 is 1.79 bits per heavy atom. The highest BCUT2D eigenvalue weighted by molar-refractivity contribution is 14.1. The van der Waals surface area contributed by atoms with Gasteiger partial charge in [0, 0.05) is 9.13 Å². The molecular formula is C17H9Cl3INO2. The molecule has 0 aliphatic heterocycles. The maximum Gasteiger partial charge on any atom is 0.291 e. The molecular weight excluding hydrogens is 483 g/mol. The number of carbonyl (C=O) groups excluding carboxylic acids is 1. The van der Waals surface area contributed by atoms with Crippen LogP contribution >= 0.6 is 57.4 Å². The molecule has 0 aliphatic rings. The molecule has 0 atom stereocenters. The van der Waals surface area contributed by atoms with Gasteiger partial charge in [0.25, 0.3) is 5.91 Å². The van der Waals surface area contributed by atoms with Crippen LogP contribution in [0.4, 0.5) is 5.69 Å². The molecule has 0 fully saturated rings.